The van der Waals surface area contributed by atoms with Crippen molar-refractivity contribution in [3.8, 4) is 0 Å². The number of hydrogen-bond donors (Lipinski definition) is 1. The standard InChI is InChI=1S/C39H74NO7P/c1-6-8-10-12-14-16-18-19-20-21-23-25-27-29-31-34-44-36-38(37-46-48(42,43)45-35-33-40(3,4)5)47-39(41)32-30-28-26-24-22-17-15-13-11-9-7-2/h12-15,18-19,38H,6-11,16-17,20-37H2,1-5H3/p+1/b14-12-,15-13-,19-18-. The summed E-state index contributed by atoms with van der Waals surface area (Å²) in [6.07, 6.45) is 36.0. The Hall–Kier alpha value is -1.28. The molecule has 2 unspecified atom stereocenters. The number of carbonyl (C=O) groups excluding carboxylic acids is 1. The number of carbonyl (C=O) groups is 1. The van der Waals surface area contributed by atoms with E-state index in [-0.39, 0.29) is 25.8 Å². The van der Waals surface area contributed by atoms with Gasteiger partial charge < -0.3 is 18.9 Å². The van der Waals surface area contributed by atoms with Gasteiger partial charge >= 0.3 is 13.8 Å². The highest BCUT2D eigenvalue weighted by Crippen LogP contribution is 2.43. The second kappa shape index (κ2) is 32.9. The second-order valence-corrected chi connectivity index (χ2v) is 15.4. The lowest BCUT2D eigenvalue weighted by molar-refractivity contribution is -0.870. The van der Waals surface area contributed by atoms with Gasteiger partial charge in [-0.25, -0.2) is 4.57 Å². The molecule has 0 rings (SSSR count). The quantitative estimate of drug-likeness (QED) is 0.0231. The third-order valence-electron chi connectivity index (χ3n) is 7.92. The van der Waals surface area contributed by atoms with Crippen LogP contribution in [0.25, 0.3) is 0 Å². The summed E-state index contributed by atoms with van der Waals surface area (Å²) < 4.78 is 34.8. The van der Waals surface area contributed by atoms with E-state index in [1.165, 1.54) is 70.6 Å². The van der Waals surface area contributed by atoms with Crippen LogP contribution in [0, 0.1) is 0 Å². The summed E-state index contributed by atoms with van der Waals surface area (Å²) in [7, 11) is 1.65. The Morgan fingerprint density at radius 2 is 1.15 bits per heavy atom. The smallest absolute Gasteiger partial charge is 0.457 e. The van der Waals surface area contributed by atoms with Gasteiger partial charge in [-0.2, -0.15) is 0 Å². The molecule has 0 aliphatic heterocycles. The first kappa shape index (κ1) is 46.7. The minimum absolute atomic E-state index is 0.0842. The highest BCUT2D eigenvalue weighted by Gasteiger charge is 2.26. The normalized spacial score (nSPS) is 14.4. The van der Waals surface area contributed by atoms with Gasteiger partial charge in [-0.3, -0.25) is 13.8 Å². The molecule has 0 fully saturated rings. The number of quaternary nitrogens is 1. The number of ether oxygens (including phenoxy) is 2. The number of hydrogen-bond acceptors (Lipinski definition) is 6. The molecule has 0 saturated carbocycles. The van der Waals surface area contributed by atoms with Crippen molar-refractivity contribution in [2.75, 3.05) is 54.1 Å². The Labute approximate surface area is 295 Å². The van der Waals surface area contributed by atoms with Gasteiger partial charge in [0.05, 0.1) is 34.4 Å². The van der Waals surface area contributed by atoms with E-state index in [1.54, 1.807) is 0 Å². The van der Waals surface area contributed by atoms with Crippen LogP contribution < -0.4 is 0 Å². The molecule has 0 bridgehead atoms. The number of phosphoric acid groups is 1. The van der Waals surface area contributed by atoms with Crippen molar-refractivity contribution >= 4 is 13.8 Å². The predicted octanol–water partition coefficient (Wildman–Crippen LogP) is 10.7. The van der Waals surface area contributed by atoms with Crippen molar-refractivity contribution in [2.45, 2.75) is 155 Å². The Bertz CT molecular complexity index is 869. The lowest BCUT2D eigenvalue weighted by Gasteiger charge is -2.24. The zero-order chi connectivity index (χ0) is 35.6. The van der Waals surface area contributed by atoms with Crippen molar-refractivity contribution in [1.82, 2.24) is 0 Å². The molecule has 0 saturated heterocycles. The summed E-state index contributed by atoms with van der Waals surface area (Å²) >= 11 is 0. The van der Waals surface area contributed by atoms with E-state index in [0.29, 0.717) is 24.1 Å². The second-order valence-electron chi connectivity index (χ2n) is 13.9. The van der Waals surface area contributed by atoms with Gasteiger partial charge in [0.2, 0.25) is 0 Å². The summed E-state index contributed by atoms with van der Waals surface area (Å²) in [6.45, 7) is 5.49. The first-order valence-electron chi connectivity index (χ1n) is 19.2. The number of esters is 1. The topological polar surface area (TPSA) is 91.3 Å². The van der Waals surface area contributed by atoms with Gasteiger partial charge in [0.25, 0.3) is 0 Å². The Morgan fingerprint density at radius 1 is 0.646 bits per heavy atom. The summed E-state index contributed by atoms with van der Waals surface area (Å²) in [5.74, 6) is -0.330. The van der Waals surface area contributed by atoms with Crippen LogP contribution in [-0.4, -0.2) is 75.6 Å². The van der Waals surface area contributed by atoms with Crippen LogP contribution >= 0.6 is 7.82 Å². The highest BCUT2D eigenvalue weighted by molar-refractivity contribution is 7.47. The molecule has 2 atom stereocenters. The maximum absolute atomic E-state index is 12.6. The van der Waals surface area contributed by atoms with Gasteiger partial charge in [-0.15, -0.1) is 0 Å². The monoisotopic (exact) mass is 701 g/mol. The third-order valence-corrected chi connectivity index (χ3v) is 8.91. The van der Waals surface area contributed by atoms with Crippen molar-refractivity contribution in [3.05, 3.63) is 36.5 Å². The van der Waals surface area contributed by atoms with Gasteiger partial charge in [-0.05, 0) is 57.8 Å². The maximum atomic E-state index is 12.6. The van der Waals surface area contributed by atoms with E-state index in [4.69, 9.17) is 18.5 Å². The molecule has 1 N–H and O–H groups in total. The van der Waals surface area contributed by atoms with E-state index in [9.17, 15) is 14.3 Å². The molecule has 282 valence electrons. The lowest BCUT2D eigenvalue weighted by atomic mass is 10.1. The van der Waals surface area contributed by atoms with E-state index in [1.807, 2.05) is 21.1 Å². The molecule has 0 heterocycles. The minimum Gasteiger partial charge on any atom is -0.457 e. The SMILES string of the molecule is CCCC/C=C\C/C=C\CCCCCCCCOCC(COP(=O)(O)OCC[N+](C)(C)C)OC(=O)CCCCCCC/C=C\CCCC. The largest absolute Gasteiger partial charge is 0.472 e. The Kier molecular flexibility index (Phi) is 32.0. The number of phosphoric ester groups is 1. The summed E-state index contributed by atoms with van der Waals surface area (Å²) in [4.78, 5) is 22.7. The summed E-state index contributed by atoms with van der Waals surface area (Å²) in [5.41, 5.74) is 0. The molecule has 0 radical (unpaired) electrons. The first-order valence-corrected chi connectivity index (χ1v) is 20.7. The fourth-order valence-electron chi connectivity index (χ4n) is 4.84. The van der Waals surface area contributed by atoms with Gasteiger partial charge in [0.15, 0.2) is 0 Å². The molecule has 48 heavy (non-hydrogen) atoms. The molecule has 0 aromatic carbocycles. The number of allylic oxidation sites excluding steroid dienone is 6. The van der Waals surface area contributed by atoms with Crippen LogP contribution in [-0.2, 0) is 27.9 Å². The van der Waals surface area contributed by atoms with Gasteiger partial charge in [0, 0.05) is 13.0 Å². The van der Waals surface area contributed by atoms with E-state index in [2.05, 4.69) is 50.3 Å². The van der Waals surface area contributed by atoms with Crippen LogP contribution in [0.5, 0.6) is 0 Å². The van der Waals surface area contributed by atoms with Gasteiger partial charge in [-0.1, -0.05) is 121 Å². The lowest BCUT2D eigenvalue weighted by Crippen LogP contribution is -2.37. The van der Waals surface area contributed by atoms with Crippen LogP contribution in [0.4, 0.5) is 0 Å². The zero-order valence-corrected chi connectivity index (χ0v) is 32.6. The number of unbranched alkanes of at least 4 members (excludes halogenated alkanes) is 15. The van der Waals surface area contributed by atoms with Crippen LogP contribution in [0.1, 0.15) is 149 Å². The average Bonchev–Trinajstić information content (AvgIpc) is 3.03. The summed E-state index contributed by atoms with van der Waals surface area (Å²) in [6, 6.07) is 0. The van der Waals surface area contributed by atoms with Crippen molar-refractivity contribution in [3.63, 3.8) is 0 Å². The number of likely N-dealkylation sites (N-methyl/N-ethyl adjacent to an activating group) is 1. The summed E-state index contributed by atoms with van der Waals surface area (Å²) in [5, 5.41) is 0. The van der Waals surface area contributed by atoms with Crippen molar-refractivity contribution in [1.29, 1.82) is 0 Å². The maximum Gasteiger partial charge on any atom is 0.472 e. The fourth-order valence-corrected chi connectivity index (χ4v) is 5.58. The molecule has 0 amide bonds. The van der Waals surface area contributed by atoms with Crippen LogP contribution in [0.2, 0.25) is 0 Å². The average molecular weight is 701 g/mol. The highest BCUT2D eigenvalue weighted by atomic mass is 31.2. The van der Waals surface area contributed by atoms with Crippen molar-refractivity contribution in [2.24, 2.45) is 0 Å². The van der Waals surface area contributed by atoms with Crippen molar-refractivity contribution < 1.29 is 37.3 Å². The van der Waals surface area contributed by atoms with Crippen LogP contribution in [0.15, 0.2) is 36.5 Å². The molecule has 8 nitrogen and oxygen atoms in total. The fraction of sp³-hybridized carbons (Fsp3) is 0.821. The molecule has 0 spiro atoms. The van der Waals surface area contributed by atoms with E-state index in [0.717, 1.165) is 57.8 Å². The number of nitrogens with zero attached hydrogens (tertiary/aromatic N) is 1. The van der Waals surface area contributed by atoms with E-state index < -0.39 is 13.9 Å². The Morgan fingerprint density at radius 3 is 1.71 bits per heavy atom. The first-order chi connectivity index (χ1) is 23.1. The molecular weight excluding hydrogens is 625 g/mol. The van der Waals surface area contributed by atoms with Crippen LogP contribution in [0.3, 0.4) is 0 Å². The molecule has 0 aliphatic carbocycles. The molecular formula is C39H75NO7P+. The molecule has 0 aromatic heterocycles. The minimum atomic E-state index is -4.27. The Balaban J connectivity index is 4.32. The zero-order valence-electron chi connectivity index (χ0n) is 31.7. The molecule has 0 aliphatic rings. The molecule has 0 aromatic rings. The van der Waals surface area contributed by atoms with Gasteiger partial charge in [0.1, 0.15) is 19.3 Å². The third kappa shape index (κ3) is 36.0. The molecule has 9 heteroatoms. The van der Waals surface area contributed by atoms with E-state index >= 15 is 0 Å². The number of rotatable bonds is 35. The predicted molar refractivity (Wildman–Crippen MR) is 201 cm³/mol.